The third kappa shape index (κ3) is 4.78. The Morgan fingerprint density at radius 3 is 1.87 bits per heavy atom. The zero-order valence-corrected chi connectivity index (χ0v) is 16.9. The topological polar surface area (TPSA) is 66.6 Å². The molecule has 3 aromatic carbocycles. The van der Waals surface area contributed by atoms with Crippen molar-refractivity contribution in [2.45, 2.75) is 13.0 Å². The Bertz CT molecular complexity index is 1070. The van der Waals surface area contributed by atoms with Gasteiger partial charge in [-0.05, 0) is 59.7 Å². The molecule has 30 heavy (non-hydrogen) atoms. The number of rotatable bonds is 8. The van der Waals surface area contributed by atoms with Gasteiger partial charge in [-0.3, -0.25) is 0 Å². The van der Waals surface area contributed by atoms with Gasteiger partial charge in [-0.25, -0.2) is 0 Å². The van der Waals surface area contributed by atoms with Gasteiger partial charge in [0, 0.05) is 5.56 Å². The first-order valence-electron chi connectivity index (χ1n) is 9.55. The maximum atomic E-state index is 5.82. The van der Waals surface area contributed by atoms with Crippen molar-refractivity contribution in [2.24, 2.45) is 0 Å². The second-order valence-electron chi connectivity index (χ2n) is 6.69. The summed E-state index contributed by atoms with van der Waals surface area (Å²) in [6.07, 6.45) is 0.574. The number of methoxy groups -OCH3 is 2. The highest BCUT2D eigenvalue weighted by Gasteiger charge is 2.10. The largest absolute Gasteiger partial charge is 0.497 e. The molecule has 152 valence electrons. The van der Waals surface area contributed by atoms with Gasteiger partial charge in [0.15, 0.2) is 0 Å². The predicted octanol–water partition coefficient (Wildman–Crippen LogP) is 4.92. The lowest BCUT2D eigenvalue weighted by Crippen LogP contribution is -1.95. The quantitative estimate of drug-likeness (QED) is 0.417. The molecule has 0 radical (unpaired) electrons. The summed E-state index contributed by atoms with van der Waals surface area (Å²) in [5.74, 6) is 3.49. The number of aromatic nitrogens is 2. The van der Waals surface area contributed by atoms with Crippen molar-refractivity contribution < 1.29 is 18.6 Å². The number of benzene rings is 3. The highest BCUT2D eigenvalue weighted by Crippen LogP contribution is 2.22. The van der Waals surface area contributed by atoms with Crippen LogP contribution in [0.1, 0.15) is 17.0 Å². The molecule has 0 fully saturated rings. The predicted molar refractivity (Wildman–Crippen MR) is 113 cm³/mol. The lowest BCUT2D eigenvalue weighted by molar-refractivity contribution is 0.305. The van der Waals surface area contributed by atoms with Crippen LogP contribution in [0.15, 0.2) is 77.2 Å². The lowest BCUT2D eigenvalue weighted by atomic mass is 10.1. The molecule has 0 saturated heterocycles. The van der Waals surface area contributed by atoms with E-state index in [1.54, 1.807) is 14.2 Å². The van der Waals surface area contributed by atoms with Crippen LogP contribution in [0.2, 0.25) is 0 Å². The molecule has 1 heterocycles. The molecule has 6 heteroatoms. The highest BCUT2D eigenvalue weighted by molar-refractivity contribution is 5.53. The second-order valence-corrected chi connectivity index (χ2v) is 6.69. The van der Waals surface area contributed by atoms with E-state index in [-0.39, 0.29) is 0 Å². The molecule has 0 saturated carbocycles. The summed E-state index contributed by atoms with van der Waals surface area (Å²) < 4.78 is 22.0. The zero-order valence-electron chi connectivity index (χ0n) is 16.9. The van der Waals surface area contributed by atoms with Crippen molar-refractivity contribution in [3.8, 4) is 28.7 Å². The first kappa shape index (κ1) is 19.5. The van der Waals surface area contributed by atoms with Gasteiger partial charge in [-0.15, -0.1) is 10.2 Å². The number of nitrogens with zero attached hydrogens (tertiary/aromatic N) is 2. The van der Waals surface area contributed by atoms with Gasteiger partial charge in [0.1, 0.15) is 23.9 Å². The van der Waals surface area contributed by atoms with E-state index in [0.717, 1.165) is 33.9 Å². The average Bonchev–Trinajstić information content (AvgIpc) is 3.27. The van der Waals surface area contributed by atoms with E-state index < -0.39 is 0 Å². The van der Waals surface area contributed by atoms with Crippen LogP contribution in [0.25, 0.3) is 11.5 Å². The van der Waals surface area contributed by atoms with E-state index in [4.69, 9.17) is 18.6 Å². The van der Waals surface area contributed by atoms with Crippen molar-refractivity contribution >= 4 is 0 Å². The molecule has 1 aromatic heterocycles. The molecule has 0 spiro atoms. The second kappa shape index (κ2) is 9.13. The van der Waals surface area contributed by atoms with Gasteiger partial charge in [-0.2, -0.15) is 0 Å². The maximum Gasteiger partial charge on any atom is 0.247 e. The summed E-state index contributed by atoms with van der Waals surface area (Å²) in [5.41, 5.74) is 3.00. The molecular formula is C24H22N2O4. The molecule has 0 aliphatic rings. The molecule has 0 amide bonds. The van der Waals surface area contributed by atoms with Crippen molar-refractivity contribution in [3.05, 3.63) is 89.8 Å². The number of hydrogen-bond donors (Lipinski definition) is 0. The lowest BCUT2D eigenvalue weighted by Gasteiger charge is -2.07. The van der Waals surface area contributed by atoms with Crippen LogP contribution in [0.5, 0.6) is 17.2 Å². The molecule has 0 aliphatic heterocycles. The van der Waals surface area contributed by atoms with E-state index in [2.05, 4.69) is 10.2 Å². The summed E-state index contributed by atoms with van der Waals surface area (Å²) in [7, 11) is 3.29. The molecule has 6 nitrogen and oxygen atoms in total. The molecule has 0 bridgehead atoms. The number of hydrogen-bond acceptors (Lipinski definition) is 6. The minimum Gasteiger partial charge on any atom is -0.497 e. The van der Waals surface area contributed by atoms with Gasteiger partial charge in [-0.1, -0.05) is 24.3 Å². The fourth-order valence-electron chi connectivity index (χ4n) is 2.94. The van der Waals surface area contributed by atoms with Crippen LogP contribution in [0, 0.1) is 0 Å². The van der Waals surface area contributed by atoms with E-state index in [1.165, 1.54) is 0 Å². The van der Waals surface area contributed by atoms with Gasteiger partial charge >= 0.3 is 0 Å². The smallest absolute Gasteiger partial charge is 0.247 e. The third-order valence-corrected chi connectivity index (χ3v) is 4.65. The van der Waals surface area contributed by atoms with E-state index in [9.17, 15) is 0 Å². The first-order valence-corrected chi connectivity index (χ1v) is 9.55. The van der Waals surface area contributed by atoms with Crippen LogP contribution >= 0.6 is 0 Å². The summed E-state index contributed by atoms with van der Waals surface area (Å²) in [5, 5.41) is 8.33. The summed E-state index contributed by atoms with van der Waals surface area (Å²) in [6.45, 7) is 0.471. The van der Waals surface area contributed by atoms with Crippen LogP contribution in [-0.2, 0) is 13.0 Å². The molecule has 4 rings (SSSR count). The van der Waals surface area contributed by atoms with Gasteiger partial charge in [0.2, 0.25) is 11.8 Å². The Hall–Kier alpha value is -3.80. The van der Waals surface area contributed by atoms with Gasteiger partial charge in [0.25, 0.3) is 0 Å². The van der Waals surface area contributed by atoms with Crippen molar-refractivity contribution in [3.63, 3.8) is 0 Å². The molecule has 0 unspecified atom stereocenters. The fourth-order valence-corrected chi connectivity index (χ4v) is 2.94. The zero-order chi connectivity index (χ0) is 20.8. The average molecular weight is 402 g/mol. The Labute approximate surface area is 175 Å². The molecule has 0 aliphatic carbocycles. The maximum absolute atomic E-state index is 5.82. The summed E-state index contributed by atoms with van der Waals surface area (Å²) in [6, 6.07) is 23.2. The Morgan fingerprint density at radius 1 is 0.667 bits per heavy atom. The van der Waals surface area contributed by atoms with Crippen LogP contribution < -0.4 is 14.2 Å². The first-order chi connectivity index (χ1) is 14.7. The van der Waals surface area contributed by atoms with E-state index in [1.807, 2.05) is 72.8 Å². The van der Waals surface area contributed by atoms with Crippen molar-refractivity contribution in [2.75, 3.05) is 14.2 Å². The SMILES string of the molecule is COc1ccc(Cc2nnc(-c3ccc(COc4ccc(OC)cc4)cc3)o2)cc1. The minimum atomic E-state index is 0.471. The molecule has 0 N–H and O–H groups in total. The third-order valence-electron chi connectivity index (χ3n) is 4.65. The highest BCUT2D eigenvalue weighted by atomic mass is 16.5. The van der Waals surface area contributed by atoms with E-state index >= 15 is 0 Å². The normalized spacial score (nSPS) is 10.6. The van der Waals surface area contributed by atoms with E-state index in [0.29, 0.717) is 24.8 Å². The Balaban J connectivity index is 1.36. The van der Waals surface area contributed by atoms with Crippen molar-refractivity contribution in [1.29, 1.82) is 0 Å². The minimum absolute atomic E-state index is 0.471. The van der Waals surface area contributed by atoms with Gasteiger partial charge in [0.05, 0.1) is 20.6 Å². The van der Waals surface area contributed by atoms with Crippen molar-refractivity contribution in [1.82, 2.24) is 10.2 Å². The number of ether oxygens (including phenoxy) is 3. The van der Waals surface area contributed by atoms with Crippen LogP contribution in [0.3, 0.4) is 0 Å². The van der Waals surface area contributed by atoms with Gasteiger partial charge < -0.3 is 18.6 Å². The molecule has 0 atom stereocenters. The summed E-state index contributed by atoms with van der Waals surface area (Å²) >= 11 is 0. The Morgan fingerprint density at radius 2 is 1.23 bits per heavy atom. The molecular weight excluding hydrogens is 380 g/mol. The fraction of sp³-hybridized carbons (Fsp3) is 0.167. The Kier molecular flexibility index (Phi) is 5.94. The van der Waals surface area contributed by atoms with Crippen LogP contribution in [0.4, 0.5) is 0 Å². The van der Waals surface area contributed by atoms with Crippen LogP contribution in [-0.4, -0.2) is 24.4 Å². The monoisotopic (exact) mass is 402 g/mol. The molecule has 4 aromatic rings. The summed E-state index contributed by atoms with van der Waals surface area (Å²) in [4.78, 5) is 0. The standard InChI is InChI=1S/C24H22N2O4/c1-27-20-9-5-17(6-10-20)15-23-25-26-24(30-23)19-7-3-18(4-8-19)16-29-22-13-11-21(28-2)12-14-22/h3-14H,15-16H2,1-2H3.